The molecule has 278 valence electrons. The first kappa shape index (κ1) is 37.5. The van der Waals surface area contributed by atoms with Crippen molar-refractivity contribution < 1.29 is 98.9 Å². The van der Waals surface area contributed by atoms with Crippen LogP contribution in [0.1, 0.15) is 12.0 Å². The number of allylic oxidation sites excluding steroid dienone is 2. The summed E-state index contributed by atoms with van der Waals surface area (Å²) in [5.74, 6) is -6.79. The van der Waals surface area contributed by atoms with Gasteiger partial charge in [0.05, 0.1) is 19.1 Å². The number of aliphatic hydroxyl groups excluding tert-OH is 6. The van der Waals surface area contributed by atoms with Gasteiger partial charge in [0, 0.05) is 18.1 Å². The Labute approximate surface area is 285 Å². The number of hydrogen-bond acceptors (Lipinski definition) is 16. The fraction of sp³-hybridized carbons (Fsp3) is 0.500. The minimum Gasteiger partial charge on any atom is -0.504 e. The molecule has 0 saturated carbocycles. The second kappa shape index (κ2) is 14.9. The maximum atomic E-state index is 12.2. The number of aliphatic carboxylic acids is 4. The average Bonchev–Trinajstić information content (AvgIpc) is 3.43. The number of carboxylic acids is 4. The molecule has 4 aliphatic rings. The maximum absolute atomic E-state index is 12.2. The van der Waals surface area contributed by atoms with Crippen LogP contribution in [0.25, 0.3) is 0 Å². The third kappa shape index (κ3) is 7.51. The van der Waals surface area contributed by atoms with Gasteiger partial charge in [0.2, 0.25) is 12.0 Å². The average molecular weight is 728 g/mol. The number of carboxylic acid groups (broad SMARTS) is 4. The minimum absolute atomic E-state index is 0.140. The van der Waals surface area contributed by atoms with Gasteiger partial charge in [0.1, 0.15) is 48.4 Å². The fourth-order valence-corrected chi connectivity index (χ4v) is 6.03. The number of fused-ring (bicyclic) bond motifs is 1. The van der Waals surface area contributed by atoms with Gasteiger partial charge in [0.15, 0.2) is 36.2 Å². The Morgan fingerprint density at radius 3 is 2.18 bits per heavy atom. The van der Waals surface area contributed by atoms with E-state index in [1.807, 2.05) is 0 Å². The Hall–Kier alpha value is -4.71. The van der Waals surface area contributed by atoms with E-state index in [1.54, 1.807) is 0 Å². The topological polar surface area (TPSA) is 343 Å². The molecule has 12 N–H and O–H groups in total. The maximum Gasteiger partial charge on any atom is 0.373 e. The SMILES string of the molecule is O=C(O)C1=C/C(=C/C=[N+]2c3cc(O)c(O[C@@H]4O[C@H](CO)[C@@H](O)[C@H](O)[C@H]4O[C@@H]4O[C@H](C(=O)O)[C@@H](O)[C@H](O)[C@H]4O)cc3C[C@H]2C(=O)O)CC(C(=O)O)N1. The molecule has 51 heavy (non-hydrogen) atoms. The number of benzene rings is 1. The first-order chi connectivity index (χ1) is 24.0. The number of nitrogens with one attached hydrogen (secondary N) is 1. The number of carbonyl (C=O) groups is 4. The molecule has 21 nitrogen and oxygen atoms in total. The molecule has 2 fully saturated rings. The molecule has 1 aromatic rings. The molecule has 1 aromatic carbocycles. The zero-order chi connectivity index (χ0) is 37.5. The number of phenols is 1. The molecule has 1 unspecified atom stereocenters. The number of phenolic OH excluding ortho intramolecular Hbond substituents is 1. The Balaban J connectivity index is 1.46. The van der Waals surface area contributed by atoms with Crippen LogP contribution in [0.2, 0.25) is 0 Å². The number of aromatic hydroxyl groups is 1. The molecule has 4 aliphatic heterocycles. The van der Waals surface area contributed by atoms with Gasteiger partial charge >= 0.3 is 23.9 Å². The van der Waals surface area contributed by atoms with E-state index in [2.05, 4.69) is 5.32 Å². The first-order valence-corrected chi connectivity index (χ1v) is 15.2. The van der Waals surface area contributed by atoms with E-state index in [0.717, 1.165) is 6.07 Å². The Morgan fingerprint density at radius 1 is 0.863 bits per heavy atom. The van der Waals surface area contributed by atoms with Crippen LogP contribution in [-0.2, 0) is 39.8 Å². The Morgan fingerprint density at radius 2 is 1.57 bits per heavy atom. The summed E-state index contributed by atoms with van der Waals surface area (Å²) in [6.45, 7) is -0.859. The van der Waals surface area contributed by atoms with Crippen molar-refractivity contribution in [1.82, 2.24) is 5.32 Å². The van der Waals surface area contributed by atoms with E-state index < -0.39 is 121 Å². The second-order valence-corrected chi connectivity index (χ2v) is 12.1. The van der Waals surface area contributed by atoms with Crippen LogP contribution < -0.4 is 10.1 Å². The predicted octanol–water partition coefficient (Wildman–Crippen LogP) is -4.45. The molecule has 0 amide bonds. The quantitative estimate of drug-likeness (QED) is 0.101. The third-order valence-corrected chi connectivity index (χ3v) is 8.72. The van der Waals surface area contributed by atoms with Crippen molar-refractivity contribution in [2.75, 3.05) is 6.61 Å². The van der Waals surface area contributed by atoms with E-state index >= 15 is 0 Å². The molecule has 0 spiro atoms. The summed E-state index contributed by atoms with van der Waals surface area (Å²) >= 11 is 0. The normalized spacial score (nSPS) is 36.5. The smallest absolute Gasteiger partial charge is 0.373 e. The van der Waals surface area contributed by atoms with Gasteiger partial charge in [-0.1, -0.05) is 0 Å². The van der Waals surface area contributed by atoms with Crippen molar-refractivity contribution in [3.8, 4) is 11.5 Å². The van der Waals surface area contributed by atoms with Crippen molar-refractivity contribution in [2.45, 2.75) is 86.3 Å². The summed E-state index contributed by atoms with van der Waals surface area (Å²) in [5, 5.41) is 113. The molecule has 0 aromatic heterocycles. The van der Waals surface area contributed by atoms with Gasteiger partial charge < -0.3 is 80.4 Å². The molecule has 5 rings (SSSR count). The van der Waals surface area contributed by atoms with E-state index in [9.17, 15) is 75.3 Å². The van der Waals surface area contributed by atoms with Crippen LogP contribution in [0.15, 0.2) is 35.6 Å². The van der Waals surface area contributed by atoms with Crippen molar-refractivity contribution in [3.05, 3.63) is 41.1 Å². The molecule has 21 heteroatoms. The summed E-state index contributed by atoms with van der Waals surface area (Å²) in [7, 11) is 0. The van der Waals surface area contributed by atoms with Crippen LogP contribution in [0.5, 0.6) is 11.5 Å². The third-order valence-electron chi connectivity index (χ3n) is 8.72. The minimum atomic E-state index is -2.09. The number of ether oxygens (including phenoxy) is 4. The summed E-state index contributed by atoms with van der Waals surface area (Å²) in [5.41, 5.74) is 0.282. The molecule has 4 heterocycles. The van der Waals surface area contributed by atoms with Crippen LogP contribution >= 0.6 is 0 Å². The lowest BCUT2D eigenvalue weighted by molar-refractivity contribution is -0.456. The molecule has 2 saturated heterocycles. The molecular weight excluding hydrogens is 692 g/mol. The number of aliphatic hydroxyl groups is 6. The summed E-state index contributed by atoms with van der Waals surface area (Å²) in [6, 6.07) is -0.208. The molecule has 0 aliphatic carbocycles. The van der Waals surface area contributed by atoms with E-state index in [4.69, 9.17) is 18.9 Å². The van der Waals surface area contributed by atoms with Crippen LogP contribution in [-0.4, -0.2) is 171 Å². The van der Waals surface area contributed by atoms with Gasteiger partial charge in [-0.25, -0.2) is 19.2 Å². The van der Waals surface area contributed by atoms with E-state index in [-0.39, 0.29) is 29.7 Å². The lowest BCUT2D eigenvalue weighted by Crippen LogP contribution is -2.65. The lowest BCUT2D eigenvalue weighted by atomic mass is 9.97. The summed E-state index contributed by atoms with van der Waals surface area (Å²) < 4.78 is 23.2. The molecule has 0 bridgehead atoms. The number of nitrogens with zero attached hydrogens (tertiary/aromatic N) is 1. The van der Waals surface area contributed by atoms with E-state index in [0.29, 0.717) is 0 Å². The van der Waals surface area contributed by atoms with E-state index in [1.165, 1.54) is 29.0 Å². The van der Waals surface area contributed by atoms with Gasteiger partial charge in [0.25, 0.3) is 6.04 Å². The van der Waals surface area contributed by atoms with Crippen LogP contribution in [0.4, 0.5) is 5.69 Å². The van der Waals surface area contributed by atoms with Crippen molar-refractivity contribution in [1.29, 1.82) is 0 Å². The molecule has 12 atom stereocenters. The number of hydrogen-bond donors (Lipinski definition) is 12. The lowest BCUT2D eigenvalue weighted by Gasteiger charge is -2.45. The van der Waals surface area contributed by atoms with Crippen LogP contribution in [0, 0.1) is 0 Å². The Kier molecular flexibility index (Phi) is 10.9. The molecule has 0 radical (unpaired) electrons. The highest BCUT2D eigenvalue weighted by atomic mass is 16.8. The van der Waals surface area contributed by atoms with Gasteiger partial charge in [-0.05, 0) is 17.7 Å². The van der Waals surface area contributed by atoms with Gasteiger partial charge in [-0.2, -0.15) is 4.58 Å². The van der Waals surface area contributed by atoms with Gasteiger partial charge in [-0.15, -0.1) is 0 Å². The van der Waals surface area contributed by atoms with Crippen molar-refractivity contribution in [3.63, 3.8) is 0 Å². The fourth-order valence-electron chi connectivity index (χ4n) is 6.03. The van der Waals surface area contributed by atoms with Crippen LogP contribution in [0.3, 0.4) is 0 Å². The van der Waals surface area contributed by atoms with Gasteiger partial charge in [-0.3, -0.25) is 0 Å². The largest absolute Gasteiger partial charge is 0.504 e. The standard InChI is InChI=1S/C30H34N2O19/c33-8-17-18(35)20(37)24(51-29-22(39)19(36)21(38)23(50-29)28(46)47)30(49-17)48-16-6-10-5-14(27(44)45)32(13(10)7-15(16)34)2-1-9-3-11(25(40)41)31-12(4-9)26(42)43/h1-3,6-7,12,14,17-24,29-30,33,35-39H,4-5,8H2,(H5,34,40,41,42,43,44,45,46,47)/p+1/t12?,14-,17+,18+,19-,20-,21-,22+,23-,24+,29-,30+/m0/s1. The van der Waals surface area contributed by atoms with Crippen molar-refractivity contribution in [2.24, 2.45) is 0 Å². The molecular formula is C30H35N2O19+. The highest BCUT2D eigenvalue weighted by molar-refractivity contribution is 5.89. The summed E-state index contributed by atoms with van der Waals surface area (Å²) in [6.07, 6.45) is -16.0. The predicted molar refractivity (Wildman–Crippen MR) is 160 cm³/mol. The first-order valence-electron chi connectivity index (χ1n) is 15.2. The van der Waals surface area contributed by atoms with Crippen molar-refractivity contribution >= 4 is 35.8 Å². The highest BCUT2D eigenvalue weighted by Gasteiger charge is 2.53. The zero-order valence-electron chi connectivity index (χ0n) is 26.1. The Bertz CT molecular complexity index is 1660. The zero-order valence-corrected chi connectivity index (χ0v) is 26.1. The summed E-state index contributed by atoms with van der Waals surface area (Å²) in [4.78, 5) is 46.8. The second-order valence-electron chi connectivity index (χ2n) is 12.1. The highest BCUT2D eigenvalue weighted by Crippen LogP contribution is 2.41. The monoisotopic (exact) mass is 727 g/mol. The number of rotatable bonds is 10.